The highest BCUT2D eigenvalue weighted by Crippen LogP contribution is 2.31. The monoisotopic (exact) mass is 357 g/mol. The average molecular weight is 357 g/mol. The van der Waals surface area contributed by atoms with Crippen molar-refractivity contribution in [1.29, 1.82) is 0 Å². The van der Waals surface area contributed by atoms with Gasteiger partial charge in [-0.05, 0) is 44.3 Å². The maximum absolute atomic E-state index is 12.5. The maximum Gasteiger partial charge on any atom is 0.259 e. The number of fused-ring (bicyclic) bond motifs is 1. The largest absolute Gasteiger partial charge is 0.336 e. The smallest absolute Gasteiger partial charge is 0.259 e. The molecule has 1 saturated heterocycles. The number of pyridine rings is 1. The van der Waals surface area contributed by atoms with Crippen LogP contribution >= 0.6 is 11.3 Å². The van der Waals surface area contributed by atoms with Gasteiger partial charge in [0.2, 0.25) is 0 Å². The van der Waals surface area contributed by atoms with E-state index in [2.05, 4.69) is 25.8 Å². The molecule has 7 nitrogen and oxygen atoms in total. The van der Waals surface area contributed by atoms with Gasteiger partial charge in [0.1, 0.15) is 0 Å². The Hall–Kier alpha value is -2.32. The molecule has 0 aliphatic carbocycles. The third-order valence-electron chi connectivity index (χ3n) is 4.49. The van der Waals surface area contributed by atoms with Crippen molar-refractivity contribution in [3.05, 3.63) is 34.6 Å². The lowest BCUT2D eigenvalue weighted by molar-refractivity contribution is 0.102. The number of amides is 1. The van der Waals surface area contributed by atoms with Gasteiger partial charge in [-0.15, -0.1) is 11.3 Å². The summed E-state index contributed by atoms with van der Waals surface area (Å²) in [6, 6.07) is 1.77. The van der Waals surface area contributed by atoms with Crippen LogP contribution in [0, 0.1) is 0 Å². The molecule has 0 spiro atoms. The van der Waals surface area contributed by atoms with E-state index < -0.39 is 0 Å². The number of carbonyl (C=O) groups is 1. The van der Waals surface area contributed by atoms with Crippen molar-refractivity contribution in [2.24, 2.45) is 0 Å². The Kier molecular flexibility index (Phi) is 4.46. The second kappa shape index (κ2) is 6.89. The molecule has 25 heavy (non-hydrogen) atoms. The molecule has 0 atom stereocenters. The zero-order valence-corrected chi connectivity index (χ0v) is 14.7. The second-order valence-corrected chi connectivity index (χ2v) is 7.17. The first-order valence-corrected chi connectivity index (χ1v) is 9.28. The molecule has 0 aromatic carbocycles. The maximum atomic E-state index is 12.5. The molecular formula is C17H19N5O2S. The highest BCUT2D eigenvalue weighted by atomic mass is 32.1. The third kappa shape index (κ3) is 3.27. The number of hydrogen-bond donors (Lipinski definition) is 2. The van der Waals surface area contributed by atoms with Crippen LogP contribution in [-0.4, -0.2) is 34.1 Å². The van der Waals surface area contributed by atoms with Crippen LogP contribution in [0.1, 0.15) is 46.6 Å². The van der Waals surface area contributed by atoms with Gasteiger partial charge in [-0.3, -0.25) is 10.1 Å². The molecule has 1 fully saturated rings. The Labute approximate surface area is 148 Å². The Morgan fingerprint density at radius 3 is 3.00 bits per heavy atom. The first kappa shape index (κ1) is 16.2. The quantitative estimate of drug-likeness (QED) is 0.746. The van der Waals surface area contributed by atoms with Gasteiger partial charge in [-0.2, -0.15) is 0 Å². The Morgan fingerprint density at radius 2 is 2.20 bits per heavy atom. The van der Waals surface area contributed by atoms with Gasteiger partial charge in [0.15, 0.2) is 5.13 Å². The summed E-state index contributed by atoms with van der Waals surface area (Å²) in [4.78, 5) is 22.3. The SMILES string of the molecule is CCc1noc2ncc(C(=O)Nc3ncc(C4CCNCC4)s3)cc12. The van der Waals surface area contributed by atoms with E-state index in [9.17, 15) is 4.79 Å². The van der Waals surface area contributed by atoms with Gasteiger partial charge < -0.3 is 9.84 Å². The summed E-state index contributed by atoms with van der Waals surface area (Å²) in [7, 11) is 0. The molecule has 1 aliphatic rings. The molecule has 2 N–H and O–H groups in total. The number of nitrogens with one attached hydrogen (secondary N) is 2. The average Bonchev–Trinajstić information content (AvgIpc) is 3.28. The van der Waals surface area contributed by atoms with Gasteiger partial charge in [-0.1, -0.05) is 12.1 Å². The minimum absolute atomic E-state index is 0.219. The molecule has 3 aromatic heterocycles. The van der Waals surface area contributed by atoms with E-state index in [1.807, 2.05) is 13.1 Å². The molecular weight excluding hydrogens is 338 g/mol. The topological polar surface area (TPSA) is 92.9 Å². The Morgan fingerprint density at radius 1 is 1.36 bits per heavy atom. The summed E-state index contributed by atoms with van der Waals surface area (Å²) in [5.74, 6) is 0.315. The predicted octanol–water partition coefficient (Wildman–Crippen LogP) is 2.96. The molecule has 130 valence electrons. The number of rotatable bonds is 4. The Balaban J connectivity index is 1.51. The fourth-order valence-corrected chi connectivity index (χ4v) is 4.05. The summed E-state index contributed by atoms with van der Waals surface area (Å²) < 4.78 is 5.16. The predicted molar refractivity (Wildman–Crippen MR) is 96.1 cm³/mol. The van der Waals surface area contributed by atoms with Crippen LogP contribution < -0.4 is 10.6 Å². The molecule has 3 aromatic rings. The van der Waals surface area contributed by atoms with Gasteiger partial charge in [0.25, 0.3) is 11.6 Å². The highest BCUT2D eigenvalue weighted by molar-refractivity contribution is 7.15. The first-order valence-electron chi connectivity index (χ1n) is 8.46. The molecule has 0 saturated carbocycles. The summed E-state index contributed by atoms with van der Waals surface area (Å²) in [5, 5.41) is 11.6. The molecule has 0 radical (unpaired) electrons. The molecule has 0 unspecified atom stereocenters. The van der Waals surface area contributed by atoms with Crippen molar-refractivity contribution in [3.63, 3.8) is 0 Å². The molecule has 4 rings (SSSR count). The van der Waals surface area contributed by atoms with E-state index in [1.54, 1.807) is 17.4 Å². The second-order valence-electron chi connectivity index (χ2n) is 6.11. The van der Waals surface area contributed by atoms with E-state index in [1.165, 1.54) is 11.1 Å². The van der Waals surface area contributed by atoms with E-state index in [0.29, 0.717) is 22.3 Å². The number of aromatic nitrogens is 3. The number of carbonyl (C=O) groups excluding carboxylic acids is 1. The van der Waals surface area contributed by atoms with Crippen molar-refractivity contribution in [3.8, 4) is 0 Å². The minimum atomic E-state index is -0.219. The number of aryl methyl sites for hydroxylation is 1. The van der Waals surface area contributed by atoms with Crippen LogP contribution in [0.5, 0.6) is 0 Å². The van der Waals surface area contributed by atoms with Crippen LogP contribution in [-0.2, 0) is 6.42 Å². The van der Waals surface area contributed by atoms with Gasteiger partial charge in [-0.25, -0.2) is 9.97 Å². The van der Waals surface area contributed by atoms with Gasteiger partial charge in [0.05, 0.1) is 16.6 Å². The van der Waals surface area contributed by atoms with E-state index in [0.717, 1.165) is 43.4 Å². The summed E-state index contributed by atoms with van der Waals surface area (Å²) in [5.41, 5.74) is 1.74. The summed E-state index contributed by atoms with van der Waals surface area (Å²) in [6.45, 7) is 4.06. The van der Waals surface area contributed by atoms with Crippen LogP contribution in [0.4, 0.5) is 5.13 Å². The number of hydrogen-bond acceptors (Lipinski definition) is 7. The standard InChI is InChI=1S/C17H19N5O2S/c1-2-13-12-7-11(8-19-16(12)24-22-13)15(23)21-17-20-9-14(25-17)10-3-5-18-6-4-10/h7-10,18H,2-6H2,1H3,(H,20,21,23). The van der Waals surface area contributed by atoms with Crippen molar-refractivity contribution in [2.75, 3.05) is 18.4 Å². The first-order chi connectivity index (χ1) is 12.2. The Bertz CT molecular complexity index is 897. The zero-order chi connectivity index (χ0) is 17.2. The summed E-state index contributed by atoms with van der Waals surface area (Å²) in [6.07, 6.45) is 6.34. The minimum Gasteiger partial charge on any atom is -0.336 e. The van der Waals surface area contributed by atoms with Crippen molar-refractivity contribution < 1.29 is 9.32 Å². The summed E-state index contributed by atoms with van der Waals surface area (Å²) >= 11 is 1.55. The number of anilines is 1. The van der Waals surface area contributed by atoms with Crippen LogP contribution in [0.15, 0.2) is 23.0 Å². The van der Waals surface area contributed by atoms with Gasteiger partial charge >= 0.3 is 0 Å². The molecule has 1 aliphatic heterocycles. The third-order valence-corrected chi connectivity index (χ3v) is 5.56. The lowest BCUT2D eigenvalue weighted by Crippen LogP contribution is -2.26. The van der Waals surface area contributed by atoms with E-state index >= 15 is 0 Å². The molecule has 0 bridgehead atoms. The van der Waals surface area contributed by atoms with E-state index in [-0.39, 0.29) is 5.91 Å². The van der Waals surface area contributed by atoms with Crippen LogP contribution in [0.3, 0.4) is 0 Å². The highest BCUT2D eigenvalue weighted by Gasteiger charge is 2.19. The number of thiazole rings is 1. The lowest BCUT2D eigenvalue weighted by atomic mass is 9.97. The van der Waals surface area contributed by atoms with E-state index in [4.69, 9.17) is 4.52 Å². The van der Waals surface area contributed by atoms with Crippen LogP contribution in [0.2, 0.25) is 0 Å². The molecule has 4 heterocycles. The molecule has 1 amide bonds. The zero-order valence-electron chi connectivity index (χ0n) is 13.9. The van der Waals surface area contributed by atoms with Crippen LogP contribution in [0.25, 0.3) is 11.1 Å². The van der Waals surface area contributed by atoms with Gasteiger partial charge in [0, 0.05) is 17.3 Å². The molecule has 8 heteroatoms. The lowest BCUT2D eigenvalue weighted by Gasteiger charge is -2.20. The van der Waals surface area contributed by atoms with Crippen molar-refractivity contribution >= 4 is 33.5 Å². The fraction of sp³-hybridized carbons (Fsp3) is 0.412. The number of piperidine rings is 1. The van der Waals surface area contributed by atoms with Crippen molar-refractivity contribution in [1.82, 2.24) is 20.4 Å². The fourth-order valence-electron chi connectivity index (χ4n) is 3.07. The van der Waals surface area contributed by atoms with Crippen molar-refractivity contribution in [2.45, 2.75) is 32.1 Å². The normalized spacial score (nSPS) is 15.6. The number of nitrogens with zero attached hydrogens (tertiary/aromatic N) is 3.